The fourth-order valence-electron chi connectivity index (χ4n) is 1.82. The van der Waals surface area contributed by atoms with Crippen molar-refractivity contribution in [1.29, 1.82) is 0 Å². The van der Waals surface area contributed by atoms with Crippen molar-refractivity contribution in [3.63, 3.8) is 0 Å². The van der Waals surface area contributed by atoms with Gasteiger partial charge in [0, 0.05) is 12.2 Å². The number of benzene rings is 1. The summed E-state index contributed by atoms with van der Waals surface area (Å²) < 4.78 is 0. The molecule has 1 aliphatic rings. The third-order valence-corrected chi connectivity index (χ3v) is 2.77. The van der Waals surface area contributed by atoms with E-state index in [2.05, 4.69) is 43.4 Å². The van der Waals surface area contributed by atoms with Crippen LogP contribution in [0.2, 0.25) is 0 Å². The average Bonchev–Trinajstić information content (AvgIpc) is 2.29. The van der Waals surface area contributed by atoms with Crippen LogP contribution in [0.5, 0.6) is 0 Å². The van der Waals surface area contributed by atoms with Gasteiger partial charge in [0.25, 0.3) is 0 Å². The lowest BCUT2D eigenvalue weighted by atomic mass is 9.99. The molecule has 68 valence electrons. The van der Waals surface area contributed by atoms with Crippen LogP contribution in [0.3, 0.4) is 0 Å². The van der Waals surface area contributed by atoms with E-state index in [0.29, 0.717) is 0 Å². The van der Waals surface area contributed by atoms with Gasteiger partial charge in [-0.3, -0.25) is 0 Å². The van der Waals surface area contributed by atoms with E-state index in [1.165, 1.54) is 22.4 Å². The highest BCUT2D eigenvalue weighted by Crippen LogP contribution is 2.23. The minimum absolute atomic E-state index is 1.06. The molecule has 0 bridgehead atoms. The van der Waals surface area contributed by atoms with E-state index in [1.807, 2.05) is 0 Å². The van der Waals surface area contributed by atoms with Gasteiger partial charge in [0.2, 0.25) is 0 Å². The molecule has 1 N–H and O–H groups in total. The third-order valence-electron chi connectivity index (χ3n) is 2.77. The highest BCUT2D eigenvalue weighted by molar-refractivity contribution is 5.69. The molecule has 0 saturated heterocycles. The van der Waals surface area contributed by atoms with E-state index < -0.39 is 0 Å². The van der Waals surface area contributed by atoms with Gasteiger partial charge in [-0.2, -0.15) is 0 Å². The number of allylic oxidation sites excluding steroid dienone is 2. The predicted molar refractivity (Wildman–Crippen MR) is 56.4 cm³/mol. The number of rotatable bonds is 0. The number of nitrogens with one attached hydrogen (secondary N) is 1. The Kier molecular flexibility index (Phi) is 2.09. The van der Waals surface area contributed by atoms with Gasteiger partial charge in [-0.15, -0.1) is 0 Å². The summed E-state index contributed by atoms with van der Waals surface area (Å²) in [5, 5.41) is 3.42. The largest absolute Gasteiger partial charge is 0.388 e. The molecular formula is C12H15N. The molecule has 0 aromatic heterocycles. The minimum Gasteiger partial charge on any atom is -0.388 e. The maximum atomic E-state index is 3.42. The summed E-state index contributed by atoms with van der Waals surface area (Å²) in [5.74, 6) is 0. The molecule has 0 aliphatic carbocycles. The van der Waals surface area contributed by atoms with E-state index in [4.69, 9.17) is 0 Å². The Bertz CT molecular complexity index is 350. The van der Waals surface area contributed by atoms with Crippen molar-refractivity contribution in [3.8, 4) is 0 Å². The van der Waals surface area contributed by atoms with Crippen molar-refractivity contribution in [1.82, 2.24) is 5.32 Å². The van der Waals surface area contributed by atoms with Gasteiger partial charge >= 0.3 is 0 Å². The molecule has 0 amide bonds. The van der Waals surface area contributed by atoms with E-state index in [-0.39, 0.29) is 0 Å². The smallest absolute Gasteiger partial charge is 0.0184 e. The number of hydrogen-bond donors (Lipinski definition) is 1. The Morgan fingerprint density at radius 2 is 1.92 bits per heavy atom. The molecule has 13 heavy (non-hydrogen) atoms. The maximum absolute atomic E-state index is 3.42. The molecule has 1 heterocycles. The first-order valence-corrected chi connectivity index (χ1v) is 4.78. The molecular weight excluding hydrogens is 158 g/mol. The van der Waals surface area contributed by atoms with E-state index >= 15 is 0 Å². The maximum Gasteiger partial charge on any atom is 0.0184 e. The van der Waals surface area contributed by atoms with Crippen LogP contribution in [0.15, 0.2) is 30.0 Å². The van der Waals surface area contributed by atoms with Gasteiger partial charge in [-0.25, -0.2) is 0 Å². The van der Waals surface area contributed by atoms with Gasteiger partial charge in [-0.05, 0) is 37.0 Å². The molecule has 1 heteroatoms. The van der Waals surface area contributed by atoms with Crippen LogP contribution < -0.4 is 5.32 Å². The summed E-state index contributed by atoms with van der Waals surface area (Å²) in [4.78, 5) is 0. The average molecular weight is 173 g/mol. The molecule has 0 radical (unpaired) electrons. The normalized spacial score (nSPS) is 16.2. The summed E-state index contributed by atoms with van der Waals surface area (Å²) in [6.45, 7) is 5.39. The van der Waals surface area contributed by atoms with Crippen LogP contribution in [0, 0.1) is 0 Å². The van der Waals surface area contributed by atoms with Crippen molar-refractivity contribution < 1.29 is 0 Å². The molecule has 0 unspecified atom stereocenters. The Balaban J connectivity index is 2.56. The summed E-state index contributed by atoms with van der Waals surface area (Å²) in [6.07, 6.45) is 1.13. The molecule has 1 aliphatic heterocycles. The van der Waals surface area contributed by atoms with Crippen molar-refractivity contribution in [3.05, 3.63) is 41.1 Å². The molecule has 1 aromatic carbocycles. The van der Waals surface area contributed by atoms with E-state index in [9.17, 15) is 0 Å². The van der Waals surface area contributed by atoms with Crippen LogP contribution in [0.4, 0.5) is 0 Å². The quantitative estimate of drug-likeness (QED) is 0.636. The SMILES string of the molecule is CC1=C(C)c2ccccc2CCN1. The molecule has 0 spiro atoms. The second-order valence-electron chi connectivity index (χ2n) is 3.58. The Morgan fingerprint density at radius 3 is 2.77 bits per heavy atom. The zero-order valence-corrected chi connectivity index (χ0v) is 8.22. The first-order chi connectivity index (χ1) is 6.29. The summed E-state index contributed by atoms with van der Waals surface area (Å²) >= 11 is 0. The van der Waals surface area contributed by atoms with Crippen molar-refractivity contribution in [2.24, 2.45) is 0 Å². The van der Waals surface area contributed by atoms with Gasteiger partial charge in [-0.1, -0.05) is 24.3 Å². The first kappa shape index (κ1) is 8.36. The van der Waals surface area contributed by atoms with Crippen molar-refractivity contribution in [2.45, 2.75) is 20.3 Å². The van der Waals surface area contributed by atoms with Crippen LogP contribution in [0.1, 0.15) is 25.0 Å². The number of hydrogen-bond acceptors (Lipinski definition) is 1. The molecule has 0 saturated carbocycles. The van der Waals surface area contributed by atoms with Crippen molar-refractivity contribution in [2.75, 3.05) is 6.54 Å². The van der Waals surface area contributed by atoms with Crippen LogP contribution in [-0.4, -0.2) is 6.54 Å². The number of fused-ring (bicyclic) bond motifs is 1. The fourth-order valence-corrected chi connectivity index (χ4v) is 1.82. The molecule has 0 atom stereocenters. The first-order valence-electron chi connectivity index (χ1n) is 4.78. The molecule has 1 aromatic rings. The summed E-state index contributed by atoms with van der Waals surface area (Å²) in [7, 11) is 0. The lowest BCUT2D eigenvalue weighted by Crippen LogP contribution is -2.12. The van der Waals surface area contributed by atoms with Crippen LogP contribution in [0.25, 0.3) is 5.57 Å². The third kappa shape index (κ3) is 1.46. The monoisotopic (exact) mass is 173 g/mol. The zero-order chi connectivity index (χ0) is 9.26. The molecule has 0 fully saturated rings. The Morgan fingerprint density at radius 1 is 1.15 bits per heavy atom. The van der Waals surface area contributed by atoms with Crippen molar-refractivity contribution >= 4 is 5.57 Å². The topological polar surface area (TPSA) is 12.0 Å². The summed E-state index contributed by atoms with van der Waals surface area (Å²) in [6, 6.07) is 8.66. The van der Waals surface area contributed by atoms with E-state index in [1.54, 1.807) is 0 Å². The molecule has 2 rings (SSSR count). The zero-order valence-electron chi connectivity index (χ0n) is 8.22. The highest BCUT2D eigenvalue weighted by Gasteiger charge is 2.09. The van der Waals surface area contributed by atoms with Gasteiger partial charge < -0.3 is 5.32 Å². The second kappa shape index (κ2) is 3.25. The Labute approximate surface area is 79.5 Å². The highest BCUT2D eigenvalue weighted by atomic mass is 14.9. The lowest BCUT2D eigenvalue weighted by molar-refractivity contribution is 0.800. The van der Waals surface area contributed by atoms with Gasteiger partial charge in [0.1, 0.15) is 0 Å². The van der Waals surface area contributed by atoms with Gasteiger partial charge in [0.05, 0.1) is 0 Å². The second-order valence-corrected chi connectivity index (χ2v) is 3.58. The molecule has 1 nitrogen and oxygen atoms in total. The van der Waals surface area contributed by atoms with Gasteiger partial charge in [0.15, 0.2) is 0 Å². The minimum atomic E-state index is 1.06. The standard InChI is InChI=1S/C12H15N/c1-9-10(2)13-8-7-11-5-3-4-6-12(9)11/h3-6,13H,7-8H2,1-2H3. The fraction of sp³-hybridized carbons (Fsp3) is 0.333. The van der Waals surface area contributed by atoms with Crippen LogP contribution in [-0.2, 0) is 6.42 Å². The van der Waals surface area contributed by atoms with E-state index in [0.717, 1.165) is 13.0 Å². The summed E-state index contributed by atoms with van der Waals surface area (Å²) in [5.41, 5.74) is 5.56. The lowest BCUT2D eigenvalue weighted by Gasteiger charge is -2.06. The van der Waals surface area contributed by atoms with Crippen LogP contribution >= 0.6 is 0 Å². The Hall–Kier alpha value is -1.24. The predicted octanol–water partition coefficient (Wildman–Crippen LogP) is 2.58.